The number of hydrogen-bond acceptors (Lipinski definition) is 6. The maximum absolute atomic E-state index is 12.8. The van der Waals surface area contributed by atoms with Crippen LogP contribution in [0.1, 0.15) is 17.2 Å². The topological polar surface area (TPSA) is 92.9 Å². The van der Waals surface area contributed by atoms with E-state index in [2.05, 4.69) is 33.0 Å². The summed E-state index contributed by atoms with van der Waals surface area (Å²) in [5, 5.41) is 24.8. The first-order valence-corrected chi connectivity index (χ1v) is 10.8. The predicted molar refractivity (Wildman–Crippen MR) is 119 cm³/mol. The Kier molecular flexibility index (Phi) is 6.59. The van der Waals surface area contributed by atoms with Gasteiger partial charge in [0.25, 0.3) is 0 Å². The third kappa shape index (κ3) is 5.49. The number of phenolic OH excluding ortho intramolecular Hbond substituents is 1. The summed E-state index contributed by atoms with van der Waals surface area (Å²) in [4.78, 5) is 12.8. The molecule has 31 heavy (non-hydrogen) atoms. The van der Waals surface area contributed by atoms with Crippen LogP contribution in [0.15, 0.2) is 90.1 Å². The predicted octanol–water partition coefficient (Wildman–Crippen LogP) is 3.56. The quantitative estimate of drug-likeness (QED) is 0.415. The van der Waals surface area contributed by atoms with Crippen LogP contribution in [-0.4, -0.2) is 37.0 Å². The zero-order valence-electron chi connectivity index (χ0n) is 16.6. The van der Waals surface area contributed by atoms with Crippen molar-refractivity contribution in [2.45, 2.75) is 17.6 Å². The number of amides is 1. The largest absolute Gasteiger partial charge is 0.508 e. The summed E-state index contributed by atoms with van der Waals surface area (Å²) in [5.41, 5.74) is 2.91. The molecular weight excluding hydrogens is 410 g/mol. The normalized spacial score (nSPS) is 11.7. The summed E-state index contributed by atoms with van der Waals surface area (Å²) in [6.45, 7) is 0. The molecule has 0 radical (unpaired) electrons. The van der Waals surface area contributed by atoms with Gasteiger partial charge in [0.2, 0.25) is 11.1 Å². The molecule has 0 fully saturated rings. The molecule has 0 aliphatic rings. The van der Waals surface area contributed by atoms with Gasteiger partial charge in [-0.25, -0.2) is 0 Å². The zero-order valence-corrected chi connectivity index (χ0v) is 17.4. The smallest absolute Gasteiger partial charge is 0.230 e. The Morgan fingerprint density at radius 3 is 2.35 bits per heavy atom. The lowest BCUT2D eigenvalue weighted by molar-refractivity contribution is -0.119. The number of rotatable bonds is 8. The minimum absolute atomic E-state index is 0.102. The van der Waals surface area contributed by atoms with Gasteiger partial charge < -0.3 is 10.4 Å². The Morgan fingerprint density at radius 1 is 0.968 bits per heavy atom. The lowest BCUT2D eigenvalue weighted by Crippen LogP contribution is -2.31. The number of carbonyl (C=O) groups excluding carboxylic acids is 1. The Labute approximate surface area is 184 Å². The number of tetrazole rings is 1. The highest BCUT2D eigenvalue weighted by Gasteiger charge is 2.17. The minimum Gasteiger partial charge on any atom is -0.508 e. The van der Waals surface area contributed by atoms with Crippen molar-refractivity contribution in [2.75, 3.05) is 5.75 Å². The van der Waals surface area contributed by atoms with Gasteiger partial charge in [-0.3, -0.25) is 4.79 Å². The maximum atomic E-state index is 12.8. The molecule has 3 aromatic carbocycles. The second kappa shape index (κ2) is 9.90. The second-order valence-electron chi connectivity index (χ2n) is 6.90. The van der Waals surface area contributed by atoms with Crippen molar-refractivity contribution in [2.24, 2.45) is 0 Å². The summed E-state index contributed by atoms with van der Waals surface area (Å²) in [6, 6.07) is 26.4. The highest BCUT2D eigenvalue weighted by molar-refractivity contribution is 7.99. The zero-order chi connectivity index (χ0) is 21.5. The molecule has 1 unspecified atom stereocenters. The molecule has 4 aromatic rings. The summed E-state index contributed by atoms with van der Waals surface area (Å²) in [6.07, 6.45) is 0.701. The minimum atomic E-state index is -0.134. The Morgan fingerprint density at radius 2 is 1.65 bits per heavy atom. The van der Waals surface area contributed by atoms with Gasteiger partial charge in [-0.15, -0.1) is 5.10 Å². The van der Waals surface area contributed by atoms with Crippen molar-refractivity contribution in [3.05, 3.63) is 96.1 Å². The van der Waals surface area contributed by atoms with Gasteiger partial charge in [0.1, 0.15) is 5.75 Å². The third-order valence-corrected chi connectivity index (χ3v) is 5.61. The lowest BCUT2D eigenvalue weighted by Gasteiger charge is -2.19. The van der Waals surface area contributed by atoms with Crippen molar-refractivity contribution in [3.8, 4) is 11.4 Å². The van der Waals surface area contributed by atoms with Gasteiger partial charge in [-0.1, -0.05) is 72.4 Å². The van der Waals surface area contributed by atoms with E-state index in [0.717, 1.165) is 11.1 Å². The fourth-order valence-electron chi connectivity index (χ4n) is 3.18. The van der Waals surface area contributed by atoms with E-state index in [1.165, 1.54) is 16.4 Å². The first kappa shape index (κ1) is 20.6. The average Bonchev–Trinajstić information content (AvgIpc) is 3.28. The van der Waals surface area contributed by atoms with Crippen LogP contribution in [0.2, 0.25) is 0 Å². The number of nitrogens with zero attached hydrogens (tertiary/aromatic N) is 4. The van der Waals surface area contributed by atoms with Gasteiger partial charge in [0.15, 0.2) is 0 Å². The van der Waals surface area contributed by atoms with Gasteiger partial charge >= 0.3 is 0 Å². The van der Waals surface area contributed by atoms with Crippen LogP contribution < -0.4 is 5.32 Å². The average molecular weight is 432 g/mol. The summed E-state index contributed by atoms with van der Waals surface area (Å²) in [7, 11) is 0. The summed E-state index contributed by atoms with van der Waals surface area (Å²) < 4.78 is 1.54. The number of carbonyl (C=O) groups is 1. The van der Waals surface area contributed by atoms with Crippen molar-refractivity contribution in [1.29, 1.82) is 0 Å². The molecule has 1 heterocycles. The lowest BCUT2D eigenvalue weighted by atomic mass is 9.99. The Bertz CT molecular complexity index is 1120. The molecule has 156 valence electrons. The second-order valence-corrected chi connectivity index (χ2v) is 7.84. The monoisotopic (exact) mass is 431 g/mol. The van der Waals surface area contributed by atoms with E-state index in [0.29, 0.717) is 17.3 Å². The van der Waals surface area contributed by atoms with Crippen LogP contribution in [0.5, 0.6) is 5.75 Å². The molecule has 1 aromatic heterocycles. The van der Waals surface area contributed by atoms with E-state index in [4.69, 9.17) is 0 Å². The van der Waals surface area contributed by atoms with E-state index in [-0.39, 0.29) is 23.5 Å². The van der Waals surface area contributed by atoms with E-state index >= 15 is 0 Å². The van der Waals surface area contributed by atoms with Crippen LogP contribution in [0.4, 0.5) is 0 Å². The molecule has 0 bridgehead atoms. The Hall–Kier alpha value is -3.65. The third-order valence-electron chi connectivity index (χ3n) is 4.69. The van der Waals surface area contributed by atoms with Crippen molar-refractivity contribution >= 4 is 17.7 Å². The SMILES string of the molecule is O=C(CSc1nnnn1-c1ccc(O)cc1)NC(Cc1ccccc1)c1ccccc1. The number of aromatic hydroxyl groups is 1. The van der Waals surface area contributed by atoms with Crippen LogP contribution in [0, 0.1) is 0 Å². The van der Waals surface area contributed by atoms with Gasteiger partial charge in [0.05, 0.1) is 17.5 Å². The Balaban J connectivity index is 1.43. The molecule has 0 spiro atoms. The number of aromatic nitrogens is 4. The summed E-state index contributed by atoms with van der Waals surface area (Å²) >= 11 is 1.26. The molecule has 0 saturated carbocycles. The van der Waals surface area contributed by atoms with Crippen LogP contribution in [0.25, 0.3) is 5.69 Å². The van der Waals surface area contributed by atoms with E-state index in [1.807, 2.05) is 48.5 Å². The molecule has 0 aliphatic carbocycles. The molecule has 1 amide bonds. The summed E-state index contributed by atoms with van der Waals surface area (Å²) in [5.74, 6) is 0.238. The number of benzene rings is 3. The highest BCUT2D eigenvalue weighted by Crippen LogP contribution is 2.22. The number of thioether (sulfide) groups is 1. The van der Waals surface area contributed by atoms with Crippen molar-refractivity contribution < 1.29 is 9.90 Å². The molecule has 0 saturated heterocycles. The van der Waals surface area contributed by atoms with E-state index in [9.17, 15) is 9.90 Å². The molecule has 1 atom stereocenters. The first-order chi connectivity index (χ1) is 15.2. The van der Waals surface area contributed by atoms with Crippen LogP contribution in [-0.2, 0) is 11.2 Å². The maximum Gasteiger partial charge on any atom is 0.230 e. The fourth-order valence-corrected chi connectivity index (χ4v) is 3.88. The molecule has 8 heteroatoms. The molecule has 7 nitrogen and oxygen atoms in total. The van der Waals surface area contributed by atoms with Crippen molar-refractivity contribution in [3.63, 3.8) is 0 Å². The van der Waals surface area contributed by atoms with Gasteiger partial charge in [-0.2, -0.15) is 4.68 Å². The number of phenols is 1. The van der Waals surface area contributed by atoms with Gasteiger partial charge in [-0.05, 0) is 52.2 Å². The standard InChI is InChI=1S/C23H21N5O2S/c29-20-13-11-19(12-14-20)28-23(25-26-27-28)31-16-22(30)24-21(18-9-5-2-6-10-18)15-17-7-3-1-4-8-17/h1-14,21,29H,15-16H2,(H,24,30). The molecule has 2 N–H and O–H groups in total. The first-order valence-electron chi connectivity index (χ1n) is 9.78. The van der Waals surface area contributed by atoms with Gasteiger partial charge in [0, 0.05) is 0 Å². The van der Waals surface area contributed by atoms with Crippen molar-refractivity contribution in [1.82, 2.24) is 25.5 Å². The number of nitrogens with one attached hydrogen (secondary N) is 1. The fraction of sp³-hybridized carbons (Fsp3) is 0.130. The molecule has 4 rings (SSSR count). The van der Waals surface area contributed by atoms with Crippen LogP contribution in [0.3, 0.4) is 0 Å². The molecular formula is C23H21N5O2S. The van der Waals surface area contributed by atoms with E-state index < -0.39 is 0 Å². The van der Waals surface area contributed by atoms with E-state index in [1.54, 1.807) is 24.3 Å². The van der Waals surface area contributed by atoms with Crippen LogP contribution >= 0.6 is 11.8 Å². The highest BCUT2D eigenvalue weighted by atomic mass is 32.2. The molecule has 0 aliphatic heterocycles. The number of hydrogen-bond donors (Lipinski definition) is 2.